The smallest absolute Gasteiger partial charge is 0.305 e. The zero-order valence-electron chi connectivity index (χ0n) is 13.9. The van der Waals surface area contributed by atoms with E-state index in [1.807, 2.05) is 6.92 Å². The predicted octanol–water partition coefficient (Wildman–Crippen LogP) is 1.70. The number of carbonyl (C=O) groups excluding carboxylic acids is 1. The van der Waals surface area contributed by atoms with Crippen LogP contribution in [-0.2, 0) is 14.3 Å². The summed E-state index contributed by atoms with van der Waals surface area (Å²) < 4.78 is 9.70. The quantitative estimate of drug-likeness (QED) is 0.263. The average Bonchev–Trinajstić information content (AvgIpc) is 2.46. The molecule has 124 valence electrons. The maximum Gasteiger partial charge on any atom is 0.305 e. The van der Waals surface area contributed by atoms with Gasteiger partial charge in [0.15, 0.2) is 5.96 Å². The summed E-state index contributed by atoms with van der Waals surface area (Å²) in [6.45, 7) is 6.38. The number of unbranched alkanes of at least 4 members (excludes halogenated alkanes) is 3. The molecule has 0 saturated carbocycles. The number of carbonyl (C=O) groups is 1. The number of methoxy groups -OCH3 is 2. The van der Waals surface area contributed by atoms with E-state index in [0.717, 1.165) is 44.7 Å². The lowest BCUT2D eigenvalue weighted by molar-refractivity contribution is -0.140. The molecule has 6 heteroatoms. The number of hydrogen-bond donors (Lipinski definition) is 2. The molecule has 0 aliphatic heterocycles. The van der Waals surface area contributed by atoms with Crippen molar-refractivity contribution < 1.29 is 14.3 Å². The Balaban J connectivity index is 3.80. The number of guanidine groups is 1. The van der Waals surface area contributed by atoms with Gasteiger partial charge in [-0.15, -0.1) is 0 Å². The van der Waals surface area contributed by atoms with Crippen LogP contribution in [-0.4, -0.2) is 51.9 Å². The van der Waals surface area contributed by atoms with E-state index < -0.39 is 0 Å². The maximum atomic E-state index is 10.9. The first-order chi connectivity index (χ1) is 10.1. The first-order valence-electron chi connectivity index (χ1n) is 7.74. The fraction of sp³-hybridized carbons (Fsp3) is 0.867. The minimum Gasteiger partial charge on any atom is -0.469 e. The molecule has 0 spiro atoms. The SMILES string of the molecule is CCNC(=NCCCCCCC(=O)OC)NC(C)COC. The van der Waals surface area contributed by atoms with Crippen molar-refractivity contribution in [3.63, 3.8) is 0 Å². The molecular formula is C15H31N3O3. The van der Waals surface area contributed by atoms with Crippen LogP contribution in [0.2, 0.25) is 0 Å². The van der Waals surface area contributed by atoms with E-state index in [9.17, 15) is 4.79 Å². The van der Waals surface area contributed by atoms with Crippen LogP contribution < -0.4 is 10.6 Å². The molecule has 0 aromatic rings. The van der Waals surface area contributed by atoms with Crippen molar-refractivity contribution in [2.75, 3.05) is 33.9 Å². The van der Waals surface area contributed by atoms with Gasteiger partial charge in [0.05, 0.1) is 13.7 Å². The lowest BCUT2D eigenvalue weighted by Crippen LogP contribution is -2.44. The average molecular weight is 301 g/mol. The Kier molecular flexibility index (Phi) is 12.8. The van der Waals surface area contributed by atoms with Gasteiger partial charge in [0, 0.05) is 32.7 Å². The number of hydrogen-bond acceptors (Lipinski definition) is 4. The Bertz CT molecular complexity index is 296. The third-order valence-electron chi connectivity index (χ3n) is 2.93. The Morgan fingerprint density at radius 3 is 2.52 bits per heavy atom. The summed E-state index contributed by atoms with van der Waals surface area (Å²) in [6, 6.07) is 0.229. The van der Waals surface area contributed by atoms with Crippen LogP contribution in [0, 0.1) is 0 Å². The van der Waals surface area contributed by atoms with Crippen LogP contribution in [0.5, 0.6) is 0 Å². The molecule has 0 amide bonds. The summed E-state index contributed by atoms with van der Waals surface area (Å²) in [7, 11) is 3.12. The normalized spacial score (nSPS) is 12.9. The van der Waals surface area contributed by atoms with Crippen molar-refractivity contribution in [3.05, 3.63) is 0 Å². The molecule has 0 bridgehead atoms. The van der Waals surface area contributed by atoms with E-state index in [1.54, 1.807) is 7.11 Å². The lowest BCUT2D eigenvalue weighted by Gasteiger charge is -2.16. The van der Waals surface area contributed by atoms with E-state index in [-0.39, 0.29) is 12.0 Å². The summed E-state index contributed by atoms with van der Waals surface area (Å²) in [5.74, 6) is 0.704. The highest BCUT2D eigenvalue weighted by Gasteiger charge is 2.04. The molecule has 0 fully saturated rings. The molecule has 0 aliphatic carbocycles. The maximum absolute atomic E-state index is 10.9. The fourth-order valence-electron chi connectivity index (χ4n) is 1.87. The third kappa shape index (κ3) is 12.2. The second-order valence-electron chi connectivity index (χ2n) is 5.00. The molecule has 2 N–H and O–H groups in total. The highest BCUT2D eigenvalue weighted by atomic mass is 16.5. The Labute approximate surface area is 128 Å². The molecule has 21 heavy (non-hydrogen) atoms. The largest absolute Gasteiger partial charge is 0.469 e. The van der Waals surface area contributed by atoms with Gasteiger partial charge in [-0.2, -0.15) is 0 Å². The third-order valence-corrected chi connectivity index (χ3v) is 2.93. The molecule has 1 unspecified atom stereocenters. The van der Waals surface area contributed by atoms with E-state index in [0.29, 0.717) is 13.0 Å². The van der Waals surface area contributed by atoms with Crippen LogP contribution in [0.1, 0.15) is 46.0 Å². The van der Waals surface area contributed by atoms with Crippen molar-refractivity contribution in [2.45, 2.75) is 52.0 Å². The van der Waals surface area contributed by atoms with Crippen molar-refractivity contribution in [3.8, 4) is 0 Å². The second-order valence-corrected chi connectivity index (χ2v) is 5.00. The molecule has 6 nitrogen and oxygen atoms in total. The number of rotatable bonds is 11. The molecule has 0 aliphatic rings. The van der Waals surface area contributed by atoms with Crippen molar-refractivity contribution in [1.82, 2.24) is 10.6 Å². The van der Waals surface area contributed by atoms with Gasteiger partial charge >= 0.3 is 5.97 Å². The van der Waals surface area contributed by atoms with E-state index >= 15 is 0 Å². The summed E-state index contributed by atoms with van der Waals surface area (Å²) in [6.07, 6.45) is 4.54. The monoisotopic (exact) mass is 301 g/mol. The van der Waals surface area contributed by atoms with Gasteiger partial charge in [-0.1, -0.05) is 12.8 Å². The van der Waals surface area contributed by atoms with Gasteiger partial charge in [0.2, 0.25) is 0 Å². The van der Waals surface area contributed by atoms with Gasteiger partial charge in [-0.25, -0.2) is 0 Å². The minimum atomic E-state index is -0.126. The van der Waals surface area contributed by atoms with Crippen LogP contribution in [0.15, 0.2) is 4.99 Å². The summed E-state index contributed by atoms with van der Waals surface area (Å²) >= 11 is 0. The number of nitrogens with one attached hydrogen (secondary N) is 2. The van der Waals surface area contributed by atoms with Crippen molar-refractivity contribution >= 4 is 11.9 Å². The number of aliphatic imine (C=N–C) groups is 1. The Morgan fingerprint density at radius 1 is 1.19 bits per heavy atom. The van der Waals surface area contributed by atoms with Crippen LogP contribution >= 0.6 is 0 Å². The zero-order chi connectivity index (χ0) is 15.9. The van der Waals surface area contributed by atoms with E-state index in [4.69, 9.17) is 4.74 Å². The molecule has 0 heterocycles. The zero-order valence-corrected chi connectivity index (χ0v) is 13.9. The topological polar surface area (TPSA) is 72.0 Å². The van der Waals surface area contributed by atoms with E-state index in [1.165, 1.54) is 7.11 Å². The van der Waals surface area contributed by atoms with Crippen LogP contribution in [0.25, 0.3) is 0 Å². The minimum absolute atomic E-state index is 0.126. The predicted molar refractivity (Wildman–Crippen MR) is 85.6 cm³/mol. The molecule has 0 saturated heterocycles. The first kappa shape index (κ1) is 19.7. The van der Waals surface area contributed by atoms with Gasteiger partial charge in [-0.3, -0.25) is 9.79 Å². The Morgan fingerprint density at radius 2 is 1.90 bits per heavy atom. The summed E-state index contributed by atoms with van der Waals surface area (Å²) in [4.78, 5) is 15.5. The summed E-state index contributed by atoms with van der Waals surface area (Å²) in [5, 5.41) is 6.51. The Hall–Kier alpha value is -1.30. The van der Waals surface area contributed by atoms with E-state index in [2.05, 4.69) is 27.3 Å². The number of nitrogens with zero attached hydrogens (tertiary/aromatic N) is 1. The van der Waals surface area contributed by atoms with Gasteiger partial charge in [0.1, 0.15) is 0 Å². The second kappa shape index (κ2) is 13.7. The first-order valence-corrected chi connectivity index (χ1v) is 7.74. The van der Waals surface area contributed by atoms with Gasteiger partial charge in [-0.05, 0) is 26.7 Å². The fourth-order valence-corrected chi connectivity index (χ4v) is 1.87. The van der Waals surface area contributed by atoms with Crippen LogP contribution in [0.3, 0.4) is 0 Å². The number of esters is 1. The van der Waals surface area contributed by atoms with Crippen molar-refractivity contribution in [1.29, 1.82) is 0 Å². The molecule has 0 radical (unpaired) electrons. The van der Waals surface area contributed by atoms with Gasteiger partial charge < -0.3 is 20.1 Å². The molecule has 0 rings (SSSR count). The molecular weight excluding hydrogens is 270 g/mol. The standard InChI is InChI=1S/C15H31N3O3/c1-5-16-15(18-13(2)12-20-3)17-11-9-7-6-8-10-14(19)21-4/h13H,5-12H2,1-4H3,(H2,16,17,18). The number of ether oxygens (including phenoxy) is 2. The van der Waals surface area contributed by atoms with Crippen molar-refractivity contribution in [2.24, 2.45) is 4.99 Å². The highest BCUT2D eigenvalue weighted by Crippen LogP contribution is 2.04. The van der Waals surface area contributed by atoms with Gasteiger partial charge in [0.25, 0.3) is 0 Å². The lowest BCUT2D eigenvalue weighted by atomic mass is 10.1. The van der Waals surface area contributed by atoms with Crippen LogP contribution in [0.4, 0.5) is 0 Å². The molecule has 0 aromatic carbocycles. The molecule has 0 aromatic heterocycles. The molecule has 1 atom stereocenters. The summed E-state index contributed by atoms with van der Waals surface area (Å²) in [5.41, 5.74) is 0. The highest BCUT2D eigenvalue weighted by molar-refractivity contribution is 5.80.